The van der Waals surface area contributed by atoms with Crippen molar-refractivity contribution in [2.45, 2.75) is 13.1 Å². The Hall–Kier alpha value is -2.15. The number of rotatable bonds is 4. The molecule has 7 heteroatoms. The lowest BCUT2D eigenvalue weighted by atomic mass is 10.3. The summed E-state index contributed by atoms with van der Waals surface area (Å²) in [6.07, 6.45) is 5.15. The van der Waals surface area contributed by atoms with Crippen LogP contribution < -0.4 is 16.6 Å². The maximum Gasteiger partial charge on any atom is 0.330 e. The van der Waals surface area contributed by atoms with Crippen molar-refractivity contribution in [3.63, 3.8) is 0 Å². The fraction of sp³-hybridized carbons (Fsp3) is 0.417. The predicted molar refractivity (Wildman–Crippen MR) is 70.7 cm³/mol. The number of nitrogens with one attached hydrogen (secondary N) is 1. The number of aryl methyl sites for hydroxylation is 2. The molecule has 0 amide bonds. The molecule has 0 aliphatic heterocycles. The van der Waals surface area contributed by atoms with Gasteiger partial charge in [-0.1, -0.05) is 0 Å². The molecule has 2 rings (SSSR count). The van der Waals surface area contributed by atoms with Crippen LogP contribution in [0.1, 0.15) is 11.4 Å². The minimum absolute atomic E-state index is 0.268. The van der Waals surface area contributed by atoms with Gasteiger partial charge >= 0.3 is 5.69 Å². The largest absolute Gasteiger partial charge is 0.337 e. The summed E-state index contributed by atoms with van der Waals surface area (Å²) < 4.78 is 4.42. The molecule has 0 fully saturated rings. The third-order valence-electron chi connectivity index (χ3n) is 3.04. The smallest absolute Gasteiger partial charge is 0.330 e. The molecule has 19 heavy (non-hydrogen) atoms. The molecule has 0 radical (unpaired) electrons. The van der Waals surface area contributed by atoms with E-state index in [9.17, 15) is 9.59 Å². The molecule has 1 N–H and O–H groups in total. The predicted octanol–water partition coefficient (Wildman–Crippen LogP) is -0.893. The molecule has 2 heterocycles. The summed E-state index contributed by atoms with van der Waals surface area (Å²) in [4.78, 5) is 27.6. The van der Waals surface area contributed by atoms with Crippen molar-refractivity contribution >= 4 is 0 Å². The molecule has 2 aromatic heterocycles. The van der Waals surface area contributed by atoms with Crippen LogP contribution in [0.25, 0.3) is 0 Å². The number of nitrogens with zero attached hydrogens (tertiary/aromatic N) is 4. The zero-order valence-electron chi connectivity index (χ0n) is 11.3. The summed E-state index contributed by atoms with van der Waals surface area (Å²) in [7, 11) is 5.02. The van der Waals surface area contributed by atoms with Gasteiger partial charge in [-0.3, -0.25) is 9.36 Å². The number of hydrogen-bond acceptors (Lipinski definition) is 4. The van der Waals surface area contributed by atoms with E-state index >= 15 is 0 Å². The Morgan fingerprint density at radius 1 is 1.16 bits per heavy atom. The van der Waals surface area contributed by atoms with Gasteiger partial charge in [0.2, 0.25) is 0 Å². The first kappa shape index (κ1) is 13.3. The van der Waals surface area contributed by atoms with Gasteiger partial charge in [-0.05, 0) is 0 Å². The van der Waals surface area contributed by atoms with Gasteiger partial charge in [-0.2, -0.15) is 0 Å². The molecule has 0 atom stereocenters. The molecule has 0 saturated carbocycles. The van der Waals surface area contributed by atoms with Gasteiger partial charge in [0.25, 0.3) is 5.56 Å². The Bertz CT molecular complexity index is 695. The van der Waals surface area contributed by atoms with E-state index in [1.54, 1.807) is 19.4 Å². The minimum atomic E-state index is -0.321. The average Bonchev–Trinajstić information content (AvgIpc) is 2.79. The first-order chi connectivity index (χ1) is 9.00. The van der Waals surface area contributed by atoms with Crippen LogP contribution in [0.4, 0.5) is 0 Å². The van der Waals surface area contributed by atoms with Crippen LogP contribution in [0.2, 0.25) is 0 Å². The second-order valence-corrected chi connectivity index (χ2v) is 4.47. The van der Waals surface area contributed by atoms with E-state index < -0.39 is 0 Å². The Labute approximate surface area is 110 Å². The molecule has 0 aliphatic rings. The van der Waals surface area contributed by atoms with Crippen LogP contribution in [0.5, 0.6) is 0 Å². The van der Waals surface area contributed by atoms with Gasteiger partial charge in [0.15, 0.2) is 0 Å². The number of imidazole rings is 1. The first-order valence-electron chi connectivity index (χ1n) is 5.93. The highest BCUT2D eigenvalue weighted by molar-refractivity contribution is 5.05. The summed E-state index contributed by atoms with van der Waals surface area (Å²) in [5, 5.41) is 3.15. The van der Waals surface area contributed by atoms with Gasteiger partial charge in [-0.15, -0.1) is 0 Å². The van der Waals surface area contributed by atoms with Crippen molar-refractivity contribution in [1.82, 2.24) is 24.0 Å². The average molecular weight is 263 g/mol. The van der Waals surface area contributed by atoms with Crippen molar-refractivity contribution in [1.29, 1.82) is 0 Å². The van der Waals surface area contributed by atoms with Crippen LogP contribution >= 0.6 is 0 Å². The lowest BCUT2D eigenvalue weighted by molar-refractivity contribution is 0.608. The monoisotopic (exact) mass is 263 g/mol. The summed E-state index contributed by atoms with van der Waals surface area (Å²) in [5.74, 6) is 0.890. The van der Waals surface area contributed by atoms with Crippen LogP contribution in [-0.2, 0) is 34.2 Å². The topological polar surface area (TPSA) is 73.8 Å². The molecule has 0 aliphatic carbocycles. The van der Waals surface area contributed by atoms with E-state index in [1.165, 1.54) is 11.6 Å². The molecular formula is C12H17N5O2. The zero-order valence-corrected chi connectivity index (χ0v) is 11.3. The maximum absolute atomic E-state index is 11.9. The third-order valence-corrected chi connectivity index (χ3v) is 3.04. The third kappa shape index (κ3) is 2.65. The Kier molecular flexibility index (Phi) is 3.66. The molecule has 0 spiro atoms. The quantitative estimate of drug-likeness (QED) is 0.776. The second-order valence-electron chi connectivity index (χ2n) is 4.47. The van der Waals surface area contributed by atoms with E-state index in [-0.39, 0.29) is 11.2 Å². The van der Waals surface area contributed by atoms with Gasteiger partial charge in [0, 0.05) is 51.8 Å². The summed E-state index contributed by atoms with van der Waals surface area (Å²) in [6.45, 7) is 0.961. The molecule has 0 aromatic carbocycles. The minimum Gasteiger partial charge on any atom is -0.337 e. The highest BCUT2D eigenvalue weighted by Crippen LogP contribution is 1.94. The zero-order chi connectivity index (χ0) is 14.0. The van der Waals surface area contributed by atoms with E-state index in [1.807, 2.05) is 17.8 Å². The molecule has 102 valence electrons. The second kappa shape index (κ2) is 5.23. The van der Waals surface area contributed by atoms with E-state index in [0.29, 0.717) is 18.7 Å². The lowest BCUT2D eigenvalue weighted by Gasteiger charge is -2.08. The van der Waals surface area contributed by atoms with E-state index in [0.717, 1.165) is 10.4 Å². The SMILES string of the molecule is Cn1ccnc1CNCc1cn(C)c(=O)n(C)c1=O. The van der Waals surface area contributed by atoms with Crippen molar-refractivity contribution in [2.24, 2.45) is 21.1 Å². The molecule has 7 nitrogen and oxygen atoms in total. The molecular weight excluding hydrogens is 246 g/mol. The highest BCUT2D eigenvalue weighted by atomic mass is 16.2. The Balaban J connectivity index is 2.11. The number of hydrogen-bond donors (Lipinski definition) is 1. The van der Waals surface area contributed by atoms with Gasteiger partial charge in [0.1, 0.15) is 5.82 Å². The Morgan fingerprint density at radius 3 is 2.53 bits per heavy atom. The van der Waals surface area contributed by atoms with E-state index in [2.05, 4.69) is 10.3 Å². The van der Waals surface area contributed by atoms with Gasteiger partial charge < -0.3 is 14.5 Å². The van der Waals surface area contributed by atoms with Gasteiger partial charge in [-0.25, -0.2) is 9.78 Å². The summed E-state index contributed by atoms with van der Waals surface area (Å²) >= 11 is 0. The maximum atomic E-state index is 11.9. The van der Waals surface area contributed by atoms with Crippen molar-refractivity contribution in [2.75, 3.05) is 0 Å². The van der Waals surface area contributed by atoms with Crippen LogP contribution in [0.3, 0.4) is 0 Å². The summed E-state index contributed by atoms with van der Waals surface area (Å²) in [5.41, 5.74) is -0.0351. The fourth-order valence-electron chi connectivity index (χ4n) is 1.88. The fourth-order valence-corrected chi connectivity index (χ4v) is 1.88. The molecule has 2 aromatic rings. The normalized spacial score (nSPS) is 10.9. The van der Waals surface area contributed by atoms with Crippen molar-refractivity contribution in [3.05, 3.63) is 50.8 Å². The standard InChI is InChI=1S/C12H17N5O2/c1-15-5-4-14-10(15)7-13-6-9-8-16(2)12(19)17(3)11(9)18/h4-5,8,13H,6-7H2,1-3H3. The lowest BCUT2D eigenvalue weighted by Crippen LogP contribution is -2.39. The molecule has 0 unspecified atom stereocenters. The van der Waals surface area contributed by atoms with Gasteiger partial charge in [0.05, 0.1) is 6.54 Å². The van der Waals surface area contributed by atoms with E-state index in [4.69, 9.17) is 0 Å². The number of aromatic nitrogens is 4. The first-order valence-corrected chi connectivity index (χ1v) is 5.93. The summed E-state index contributed by atoms with van der Waals surface area (Å²) in [6, 6.07) is 0. The van der Waals surface area contributed by atoms with Crippen LogP contribution in [0.15, 0.2) is 28.2 Å². The molecule has 0 bridgehead atoms. The van der Waals surface area contributed by atoms with Crippen molar-refractivity contribution < 1.29 is 0 Å². The molecule has 0 saturated heterocycles. The van der Waals surface area contributed by atoms with Crippen LogP contribution in [0, 0.1) is 0 Å². The van der Waals surface area contributed by atoms with Crippen LogP contribution in [-0.4, -0.2) is 18.7 Å². The Morgan fingerprint density at radius 2 is 1.89 bits per heavy atom. The van der Waals surface area contributed by atoms with Crippen molar-refractivity contribution in [3.8, 4) is 0 Å². The highest BCUT2D eigenvalue weighted by Gasteiger charge is 2.06.